The van der Waals surface area contributed by atoms with Crippen molar-refractivity contribution >= 4 is 11.3 Å². The van der Waals surface area contributed by atoms with Crippen molar-refractivity contribution in [1.82, 2.24) is 10.3 Å². The SMILES string of the molecule is CC(C)NC(c1nc2c(s1)CCC2)C1CCCC1. The van der Waals surface area contributed by atoms with Gasteiger partial charge in [-0.25, -0.2) is 4.98 Å². The lowest BCUT2D eigenvalue weighted by atomic mass is 9.98. The second-order valence-electron chi connectivity index (χ2n) is 6.12. The van der Waals surface area contributed by atoms with E-state index < -0.39 is 0 Å². The molecule has 2 aliphatic carbocycles. The Morgan fingerprint density at radius 3 is 2.61 bits per heavy atom. The van der Waals surface area contributed by atoms with Crippen molar-refractivity contribution in [3.63, 3.8) is 0 Å². The number of hydrogen-bond donors (Lipinski definition) is 1. The summed E-state index contributed by atoms with van der Waals surface area (Å²) in [7, 11) is 0. The van der Waals surface area contributed by atoms with Crippen molar-refractivity contribution in [2.45, 2.75) is 70.9 Å². The van der Waals surface area contributed by atoms with Crippen LogP contribution in [0.3, 0.4) is 0 Å². The maximum atomic E-state index is 4.94. The topological polar surface area (TPSA) is 24.9 Å². The lowest BCUT2D eigenvalue weighted by Crippen LogP contribution is -2.32. The van der Waals surface area contributed by atoms with E-state index in [0.717, 1.165) is 5.92 Å². The third kappa shape index (κ3) is 2.48. The van der Waals surface area contributed by atoms with E-state index in [1.807, 2.05) is 11.3 Å². The molecule has 1 aromatic heterocycles. The van der Waals surface area contributed by atoms with Gasteiger partial charge in [-0.1, -0.05) is 26.7 Å². The van der Waals surface area contributed by atoms with E-state index in [2.05, 4.69) is 19.2 Å². The number of thiazole rings is 1. The first-order valence-electron chi connectivity index (χ1n) is 7.48. The fourth-order valence-corrected chi connectivity index (χ4v) is 4.71. The summed E-state index contributed by atoms with van der Waals surface area (Å²) < 4.78 is 0. The lowest BCUT2D eigenvalue weighted by Gasteiger charge is -2.25. The smallest absolute Gasteiger partial charge is 0.110 e. The van der Waals surface area contributed by atoms with Gasteiger partial charge in [0.05, 0.1) is 11.7 Å². The highest BCUT2D eigenvalue weighted by molar-refractivity contribution is 7.11. The van der Waals surface area contributed by atoms with Crippen LogP contribution >= 0.6 is 11.3 Å². The Morgan fingerprint density at radius 1 is 1.17 bits per heavy atom. The summed E-state index contributed by atoms with van der Waals surface area (Å²) in [6.07, 6.45) is 9.39. The van der Waals surface area contributed by atoms with Gasteiger partial charge in [-0.15, -0.1) is 11.3 Å². The zero-order chi connectivity index (χ0) is 12.5. The van der Waals surface area contributed by atoms with Crippen LogP contribution in [-0.2, 0) is 12.8 Å². The Hall–Kier alpha value is -0.410. The molecule has 0 radical (unpaired) electrons. The summed E-state index contributed by atoms with van der Waals surface area (Å²) in [5, 5.41) is 5.15. The van der Waals surface area contributed by atoms with Crippen molar-refractivity contribution in [1.29, 1.82) is 0 Å². The molecule has 1 aromatic rings. The summed E-state index contributed by atoms with van der Waals surface area (Å²) in [4.78, 5) is 6.51. The normalized spacial score (nSPS) is 21.7. The van der Waals surface area contributed by atoms with Crippen LogP contribution in [0, 0.1) is 5.92 Å². The summed E-state index contributed by atoms with van der Waals surface area (Å²) in [5.74, 6) is 0.818. The highest BCUT2D eigenvalue weighted by atomic mass is 32.1. The summed E-state index contributed by atoms with van der Waals surface area (Å²) in [5.41, 5.74) is 1.41. The highest BCUT2D eigenvalue weighted by Crippen LogP contribution is 2.39. The number of aryl methyl sites for hydroxylation is 2. The van der Waals surface area contributed by atoms with E-state index in [4.69, 9.17) is 4.98 Å². The van der Waals surface area contributed by atoms with Crippen molar-refractivity contribution in [2.24, 2.45) is 5.92 Å². The minimum atomic E-state index is 0.517. The third-order valence-corrected chi connectivity index (χ3v) is 5.50. The van der Waals surface area contributed by atoms with Gasteiger partial charge in [0, 0.05) is 10.9 Å². The standard InChI is InChI=1S/C15H24N2S/c1-10(2)16-14(11-6-3-4-7-11)15-17-12-8-5-9-13(12)18-15/h10-11,14,16H,3-9H2,1-2H3. The van der Waals surface area contributed by atoms with Crippen molar-refractivity contribution < 1.29 is 0 Å². The van der Waals surface area contributed by atoms with Crippen LogP contribution in [0.1, 0.15) is 67.6 Å². The van der Waals surface area contributed by atoms with Gasteiger partial charge in [-0.05, 0) is 38.0 Å². The van der Waals surface area contributed by atoms with Gasteiger partial charge in [-0.3, -0.25) is 0 Å². The summed E-state index contributed by atoms with van der Waals surface area (Å²) in [6, 6.07) is 1.07. The zero-order valence-corrected chi connectivity index (χ0v) is 12.4. The Balaban J connectivity index is 1.82. The lowest BCUT2D eigenvalue weighted by molar-refractivity contribution is 0.343. The van der Waals surface area contributed by atoms with Crippen LogP contribution in [0.2, 0.25) is 0 Å². The van der Waals surface area contributed by atoms with Crippen molar-refractivity contribution in [2.75, 3.05) is 0 Å². The van der Waals surface area contributed by atoms with Gasteiger partial charge in [-0.2, -0.15) is 0 Å². The summed E-state index contributed by atoms with van der Waals surface area (Å²) >= 11 is 1.99. The van der Waals surface area contributed by atoms with E-state index in [0.29, 0.717) is 12.1 Å². The predicted molar refractivity (Wildman–Crippen MR) is 77.1 cm³/mol. The number of rotatable bonds is 4. The number of nitrogens with one attached hydrogen (secondary N) is 1. The van der Waals surface area contributed by atoms with Gasteiger partial charge in [0.2, 0.25) is 0 Å². The second-order valence-corrected chi connectivity index (χ2v) is 7.23. The van der Waals surface area contributed by atoms with Gasteiger partial charge < -0.3 is 5.32 Å². The maximum Gasteiger partial charge on any atom is 0.110 e. The fraction of sp³-hybridized carbons (Fsp3) is 0.800. The molecule has 3 rings (SSSR count). The molecule has 1 atom stereocenters. The number of aromatic nitrogens is 1. The molecule has 1 heterocycles. The molecular formula is C15H24N2S. The molecular weight excluding hydrogens is 240 g/mol. The molecule has 0 bridgehead atoms. The van der Waals surface area contributed by atoms with E-state index in [9.17, 15) is 0 Å². The molecule has 1 saturated carbocycles. The highest BCUT2D eigenvalue weighted by Gasteiger charge is 2.30. The van der Waals surface area contributed by atoms with E-state index in [1.54, 1.807) is 4.88 Å². The predicted octanol–water partition coefficient (Wildman–Crippen LogP) is 3.86. The molecule has 100 valence electrons. The molecule has 1 unspecified atom stereocenters. The molecule has 3 heteroatoms. The van der Waals surface area contributed by atoms with Crippen LogP contribution in [0.4, 0.5) is 0 Å². The molecule has 0 aromatic carbocycles. The Bertz CT molecular complexity index is 383. The molecule has 18 heavy (non-hydrogen) atoms. The number of fused-ring (bicyclic) bond motifs is 1. The monoisotopic (exact) mass is 264 g/mol. The quantitative estimate of drug-likeness (QED) is 0.893. The first-order valence-corrected chi connectivity index (χ1v) is 8.30. The fourth-order valence-electron chi connectivity index (χ4n) is 3.40. The van der Waals surface area contributed by atoms with Crippen LogP contribution < -0.4 is 5.32 Å². The van der Waals surface area contributed by atoms with Crippen molar-refractivity contribution in [3.05, 3.63) is 15.6 Å². The van der Waals surface area contributed by atoms with Crippen LogP contribution in [0.5, 0.6) is 0 Å². The minimum Gasteiger partial charge on any atom is -0.305 e. The number of hydrogen-bond acceptors (Lipinski definition) is 3. The molecule has 1 N–H and O–H groups in total. The average Bonchev–Trinajstić information content (AvgIpc) is 3.01. The first-order chi connectivity index (χ1) is 8.74. The van der Waals surface area contributed by atoms with Gasteiger partial charge >= 0.3 is 0 Å². The first kappa shape index (κ1) is 12.6. The van der Waals surface area contributed by atoms with Gasteiger partial charge in [0.15, 0.2) is 0 Å². The van der Waals surface area contributed by atoms with Crippen LogP contribution in [0.25, 0.3) is 0 Å². The third-order valence-electron chi connectivity index (χ3n) is 4.26. The number of nitrogens with zero attached hydrogens (tertiary/aromatic N) is 1. The second kappa shape index (κ2) is 5.30. The molecule has 0 amide bonds. The molecule has 0 spiro atoms. The summed E-state index contributed by atoms with van der Waals surface area (Å²) in [6.45, 7) is 4.51. The largest absolute Gasteiger partial charge is 0.305 e. The van der Waals surface area contributed by atoms with E-state index in [-0.39, 0.29) is 0 Å². The maximum absolute atomic E-state index is 4.94. The van der Waals surface area contributed by atoms with E-state index in [1.165, 1.54) is 55.6 Å². The Morgan fingerprint density at radius 2 is 1.94 bits per heavy atom. The van der Waals surface area contributed by atoms with Crippen LogP contribution in [-0.4, -0.2) is 11.0 Å². The molecule has 2 aliphatic rings. The molecule has 1 fully saturated rings. The minimum absolute atomic E-state index is 0.517. The average molecular weight is 264 g/mol. The van der Waals surface area contributed by atoms with E-state index >= 15 is 0 Å². The van der Waals surface area contributed by atoms with Gasteiger partial charge in [0.25, 0.3) is 0 Å². The molecule has 2 nitrogen and oxygen atoms in total. The Kier molecular flexibility index (Phi) is 3.71. The van der Waals surface area contributed by atoms with Gasteiger partial charge in [0.1, 0.15) is 5.01 Å². The van der Waals surface area contributed by atoms with Crippen molar-refractivity contribution in [3.8, 4) is 0 Å². The Labute approximate surface area is 114 Å². The molecule has 0 aliphatic heterocycles. The zero-order valence-electron chi connectivity index (χ0n) is 11.5. The van der Waals surface area contributed by atoms with Crippen LogP contribution in [0.15, 0.2) is 0 Å². The molecule has 0 saturated heterocycles.